The lowest BCUT2D eigenvalue weighted by Crippen LogP contribution is -2.36. The number of nitrogens with two attached hydrogens (primary N) is 1. The van der Waals surface area contributed by atoms with Gasteiger partial charge < -0.3 is 16.4 Å². The molecule has 0 bridgehead atoms. The van der Waals surface area contributed by atoms with Gasteiger partial charge in [0.1, 0.15) is 0 Å². The summed E-state index contributed by atoms with van der Waals surface area (Å²) in [7, 11) is 0. The van der Waals surface area contributed by atoms with Crippen molar-refractivity contribution in [2.75, 3.05) is 18.4 Å². The summed E-state index contributed by atoms with van der Waals surface area (Å²) in [5, 5.41) is 8.00. The van der Waals surface area contributed by atoms with Crippen LogP contribution in [0.25, 0.3) is 10.8 Å². The number of amides is 2. The minimum absolute atomic E-state index is 0.149. The van der Waals surface area contributed by atoms with E-state index in [1.54, 1.807) is 0 Å². The first kappa shape index (κ1) is 12.9. The summed E-state index contributed by atoms with van der Waals surface area (Å²) < 4.78 is 0. The number of carbonyl (C=O) groups is 1. The molecule has 2 amide bonds. The zero-order valence-electron chi connectivity index (χ0n) is 11.4. The fraction of sp³-hybridized carbons (Fsp3) is 0.312. The van der Waals surface area contributed by atoms with Gasteiger partial charge in [-0.25, -0.2) is 4.79 Å². The van der Waals surface area contributed by atoms with Crippen LogP contribution in [0.3, 0.4) is 0 Å². The molecule has 4 heteroatoms. The van der Waals surface area contributed by atoms with E-state index in [2.05, 4.69) is 10.6 Å². The van der Waals surface area contributed by atoms with Crippen molar-refractivity contribution < 1.29 is 4.79 Å². The molecule has 0 atom stereocenters. The monoisotopic (exact) mass is 269 g/mol. The average Bonchev–Trinajstić information content (AvgIpc) is 3.26. The van der Waals surface area contributed by atoms with Crippen molar-refractivity contribution in [1.82, 2.24) is 5.32 Å². The molecule has 0 aromatic heterocycles. The fourth-order valence-corrected chi connectivity index (χ4v) is 2.40. The normalized spacial score (nSPS) is 15.8. The zero-order valence-corrected chi connectivity index (χ0v) is 11.4. The Labute approximate surface area is 118 Å². The predicted octanol–water partition coefficient (Wildman–Crippen LogP) is 2.70. The van der Waals surface area contributed by atoms with Crippen LogP contribution in [0.5, 0.6) is 0 Å². The molecule has 0 unspecified atom stereocenters. The first-order valence-electron chi connectivity index (χ1n) is 6.95. The van der Waals surface area contributed by atoms with E-state index in [9.17, 15) is 4.79 Å². The first-order valence-corrected chi connectivity index (χ1v) is 6.95. The van der Waals surface area contributed by atoms with Crippen molar-refractivity contribution >= 4 is 22.5 Å². The van der Waals surface area contributed by atoms with Crippen molar-refractivity contribution in [3.8, 4) is 0 Å². The van der Waals surface area contributed by atoms with Crippen LogP contribution < -0.4 is 16.4 Å². The highest BCUT2D eigenvalue weighted by molar-refractivity contribution is 6.01. The van der Waals surface area contributed by atoms with Crippen LogP contribution >= 0.6 is 0 Å². The molecule has 1 saturated carbocycles. The SMILES string of the molecule is NCC1(CNC(=O)Nc2cccc3ccccc23)CC1. The second kappa shape index (κ2) is 5.13. The lowest BCUT2D eigenvalue weighted by Gasteiger charge is -2.14. The van der Waals surface area contributed by atoms with E-state index in [-0.39, 0.29) is 11.4 Å². The van der Waals surface area contributed by atoms with Crippen LogP contribution in [0, 0.1) is 5.41 Å². The third-order valence-corrected chi connectivity index (χ3v) is 4.05. The maximum absolute atomic E-state index is 12.0. The van der Waals surface area contributed by atoms with Crippen LogP contribution in [0.4, 0.5) is 10.5 Å². The van der Waals surface area contributed by atoms with Gasteiger partial charge in [-0.1, -0.05) is 36.4 Å². The van der Waals surface area contributed by atoms with Gasteiger partial charge in [-0.05, 0) is 30.8 Å². The van der Waals surface area contributed by atoms with Crippen molar-refractivity contribution in [3.63, 3.8) is 0 Å². The van der Waals surface area contributed by atoms with Gasteiger partial charge in [-0.15, -0.1) is 0 Å². The predicted molar refractivity (Wildman–Crippen MR) is 81.7 cm³/mol. The molecule has 3 rings (SSSR count). The Hall–Kier alpha value is -2.07. The molecule has 0 spiro atoms. The summed E-state index contributed by atoms with van der Waals surface area (Å²) in [6.07, 6.45) is 2.22. The molecule has 104 valence electrons. The lowest BCUT2D eigenvalue weighted by molar-refractivity contribution is 0.249. The quantitative estimate of drug-likeness (QED) is 0.799. The summed E-state index contributed by atoms with van der Waals surface area (Å²) >= 11 is 0. The molecule has 2 aromatic carbocycles. The number of carbonyl (C=O) groups excluding carboxylic acids is 1. The van der Waals surface area contributed by atoms with Gasteiger partial charge >= 0.3 is 6.03 Å². The maximum atomic E-state index is 12.0. The highest BCUT2D eigenvalue weighted by atomic mass is 16.2. The minimum atomic E-state index is -0.166. The number of nitrogens with one attached hydrogen (secondary N) is 2. The van der Waals surface area contributed by atoms with Crippen molar-refractivity contribution in [3.05, 3.63) is 42.5 Å². The van der Waals surface area contributed by atoms with Crippen LogP contribution in [0.15, 0.2) is 42.5 Å². The number of hydrogen-bond donors (Lipinski definition) is 3. The molecule has 4 nitrogen and oxygen atoms in total. The van der Waals surface area contributed by atoms with Crippen LogP contribution in [0.1, 0.15) is 12.8 Å². The molecule has 1 aliphatic rings. The van der Waals surface area contributed by atoms with Gasteiger partial charge in [-0.2, -0.15) is 0 Å². The van der Waals surface area contributed by atoms with Crippen LogP contribution in [-0.4, -0.2) is 19.1 Å². The Morgan fingerprint density at radius 2 is 1.90 bits per heavy atom. The van der Waals surface area contributed by atoms with Crippen LogP contribution in [-0.2, 0) is 0 Å². The number of anilines is 1. The molecule has 20 heavy (non-hydrogen) atoms. The van der Waals surface area contributed by atoms with Crippen molar-refractivity contribution in [2.24, 2.45) is 11.1 Å². The van der Waals surface area contributed by atoms with Gasteiger partial charge in [0.15, 0.2) is 0 Å². The second-order valence-corrected chi connectivity index (χ2v) is 5.54. The molecule has 0 saturated heterocycles. The van der Waals surface area contributed by atoms with E-state index >= 15 is 0 Å². The highest BCUT2D eigenvalue weighted by Gasteiger charge is 2.41. The van der Waals surface area contributed by atoms with E-state index in [4.69, 9.17) is 5.73 Å². The summed E-state index contributed by atoms with van der Waals surface area (Å²) in [5.41, 5.74) is 6.69. The fourth-order valence-electron chi connectivity index (χ4n) is 2.40. The standard InChI is InChI=1S/C16H19N3O/c17-10-16(8-9-16)11-18-15(20)19-14-7-3-5-12-4-1-2-6-13(12)14/h1-7H,8-11,17H2,(H2,18,19,20). The molecule has 1 fully saturated rings. The van der Waals surface area contributed by atoms with E-state index in [1.165, 1.54) is 0 Å². The second-order valence-electron chi connectivity index (χ2n) is 5.54. The molecule has 2 aromatic rings. The summed E-state index contributed by atoms with van der Waals surface area (Å²) in [5.74, 6) is 0. The van der Waals surface area contributed by atoms with Crippen molar-refractivity contribution in [2.45, 2.75) is 12.8 Å². The maximum Gasteiger partial charge on any atom is 0.319 e. The Balaban J connectivity index is 1.68. The largest absolute Gasteiger partial charge is 0.337 e. The highest BCUT2D eigenvalue weighted by Crippen LogP contribution is 2.43. The minimum Gasteiger partial charge on any atom is -0.337 e. The summed E-state index contributed by atoms with van der Waals surface area (Å²) in [6.45, 7) is 1.29. The number of urea groups is 1. The Morgan fingerprint density at radius 3 is 2.65 bits per heavy atom. The lowest BCUT2D eigenvalue weighted by atomic mass is 10.1. The number of fused-ring (bicyclic) bond motifs is 1. The van der Waals surface area contributed by atoms with E-state index < -0.39 is 0 Å². The van der Waals surface area contributed by atoms with E-state index in [1.807, 2.05) is 42.5 Å². The van der Waals surface area contributed by atoms with E-state index in [0.717, 1.165) is 29.3 Å². The molecule has 0 radical (unpaired) electrons. The molecule has 1 aliphatic carbocycles. The van der Waals surface area contributed by atoms with Gasteiger partial charge in [0.2, 0.25) is 0 Å². The smallest absolute Gasteiger partial charge is 0.319 e. The summed E-state index contributed by atoms with van der Waals surface area (Å²) in [6, 6.07) is 13.7. The van der Waals surface area contributed by atoms with Crippen LogP contribution in [0.2, 0.25) is 0 Å². The Bertz CT molecular complexity index is 629. The van der Waals surface area contributed by atoms with Gasteiger partial charge in [0.25, 0.3) is 0 Å². The zero-order chi connectivity index (χ0) is 14.0. The Morgan fingerprint density at radius 1 is 1.15 bits per heavy atom. The molecular weight excluding hydrogens is 250 g/mol. The van der Waals surface area contributed by atoms with E-state index in [0.29, 0.717) is 13.1 Å². The molecule has 4 N–H and O–H groups in total. The molecule has 0 aliphatic heterocycles. The van der Waals surface area contributed by atoms with Gasteiger partial charge in [0.05, 0.1) is 5.69 Å². The Kier molecular flexibility index (Phi) is 3.32. The third-order valence-electron chi connectivity index (χ3n) is 4.05. The van der Waals surface area contributed by atoms with Gasteiger partial charge in [-0.3, -0.25) is 0 Å². The first-order chi connectivity index (χ1) is 9.72. The number of benzene rings is 2. The number of hydrogen-bond acceptors (Lipinski definition) is 2. The molecular formula is C16H19N3O. The number of rotatable bonds is 4. The van der Waals surface area contributed by atoms with Crippen molar-refractivity contribution in [1.29, 1.82) is 0 Å². The average molecular weight is 269 g/mol. The molecule has 0 heterocycles. The summed E-state index contributed by atoms with van der Waals surface area (Å²) in [4.78, 5) is 12.0. The van der Waals surface area contributed by atoms with Gasteiger partial charge in [0, 0.05) is 17.3 Å². The third kappa shape index (κ3) is 2.60. The topological polar surface area (TPSA) is 67.1 Å².